The average Bonchev–Trinajstić information content (AvgIpc) is 3.13. The van der Waals surface area contributed by atoms with Crippen LogP contribution in [0.25, 0.3) is 0 Å². The summed E-state index contributed by atoms with van der Waals surface area (Å²) in [6, 6.07) is 9.12. The molecule has 0 unspecified atom stereocenters. The molecule has 0 radical (unpaired) electrons. The van der Waals surface area contributed by atoms with Crippen LogP contribution in [0.2, 0.25) is 5.02 Å². The van der Waals surface area contributed by atoms with Crippen molar-refractivity contribution in [3.05, 3.63) is 46.7 Å². The van der Waals surface area contributed by atoms with Crippen molar-refractivity contribution in [1.82, 2.24) is 15.1 Å². The van der Waals surface area contributed by atoms with Crippen molar-refractivity contribution in [3.8, 4) is 0 Å². The quantitative estimate of drug-likeness (QED) is 0.777. The molecule has 1 aliphatic heterocycles. The van der Waals surface area contributed by atoms with Crippen LogP contribution in [0.5, 0.6) is 0 Å². The SMILES string of the molecule is CC(C)c1cc2n(n1)C[C@](C)(C(=O)NC1CCCCC1)N(c1cccc(Cl)c1)C2=O. The summed E-state index contributed by atoms with van der Waals surface area (Å²) in [6.07, 6.45) is 5.43. The molecule has 30 heavy (non-hydrogen) atoms. The Morgan fingerprint density at radius 2 is 1.97 bits per heavy atom. The second kappa shape index (κ2) is 8.06. The molecule has 160 valence electrons. The van der Waals surface area contributed by atoms with Crippen LogP contribution in [-0.4, -0.2) is 33.2 Å². The van der Waals surface area contributed by atoms with E-state index in [1.54, 1.807) is 27.8 Å². The Kier molecular flexibility index (Phi) is 5.62. The number of rotatable bonds is 4. The van der Waals surface area contributed by atoms with Gasteiger partial charge >= 0.3 is 0 Å². The minimum Gasteiger partial charge on any atom is -0.351 e. The first-order valence-electron chi connectivity index (χ1n) is 10.8. The number of benzene rings is 1. The molecule has 6 nitrogen and oxygen atoms in total. The van der Waals surface area contributed by atoms with Gasteiger partial charge in [0, 0.05) is 16.8 Å². The number of carbonyl (C=O) groups excluding carboxylic acids is 2. The summed E-state index contributed by atoms with van der Waals surface area (Å²) in [5.41, 5.74) is 0.863. The van der Waals surface area contributed by atoms with Crippen molar-refractivity contribution in [2.75, 3.05) is 4.90 Å². The van der Waals surface area contributed by atoms with Gasteiger partial charge in [-0.15, -0.1) is 0 Å². The van der Waals surface area contributed by atoms with Gasteiger partial charge in [-0.25, -0.2) is 0 Å². The van der Waals surface area contributed by atoms with Gasteiger partial charge in [0.05, 0.1) is 12.2 Å². The number of nitrogens with one attached hydrogen (secondary N) is 1. The number of halogens is 1. The molecule has 2 amide bonds. The van der Waals surface area contributed by atoms with Crippen LogP contribution in [0.15, 0.2) is 30.3 Å². The van der Waals surface area contributed by atoms with Crippen molar-refractivity contribution in [2.24, 2.45) is 0 Å². The third kappa shape index (κ3) is 3.73. The van der Waals surface area contributed by atoms with Crippen molar-refractivity contribution < 1.29 is 9.59 Å². The number of hydrogen-bond donors (Lipinski definition) is 1. The summed E-state index contributed by atoms with van der Waals surface area (Å²) < 4.78 is 1.69. The predicted octanol–water partition coefficient (Wildman–Crippen LogP) is 4.53. The Bertz CT molecular complexity index is 964. The zero-order valence-corrected chi connectivity index (χ0v) is 18.6. The first-order chi connectivity index (χ1) is 14.3. The topological polar surface area (TPSA) is 67.2 Å². The number of amides is 2. The maximum Gasteiger partial charge on any atom is 0.277 e. The van der Waals surface area contributed by atoms with Crippen LogP contribution in [0, 0.1) is 0 Å². The standard InChI is InChI=1S/C23H29ClN4O2/c1-15(2)19-13-20-21(29)28(18-11-7-8-16(24)12-18)23(3,14-27(20)26-19)22(30)25-17-9-5-4-6-10-17/h7-8,11-13,15,17H,4-6,9-10,14H2,1-3H3,(H,25,30)/t23-/m1/s1. The molecule has 1 aliphatic carbocycles. The van der Waals surface area contributed by atoms with Crippen LogP contribution in [0.1, 0.15) is 75.0 Å². The predicted molar refractivity (Wildman–Crippen MR) is 118 cm³/mol. The summed E-state index contributed by atoms with van der Waals surface area (Å²) in [5.74, 6) is -0.183. The van der Waals surface area contributed by atoms with Gasteiger partial charge in [-0.2, -0.15) is 5.10 Å². The first-order valence-corrected chi connectivity index (χ1v) is 11.2. The Hall–Kier alpha value is -2.34. The molecule has 1 N–H and O–H groups in total. The molecule has 7 heteroatoms. The van der Waals surface area contributed by atoms with Gasteiger partial charge in [-0.05, 0) is 49.9 Å². The number of fused-ring (bicyclic) bond motifs is 1. The fourth-order valence-corrected chi connectivity index (χ4v) is 4.68. The van der Waals surface area contributed by atoms with E-state index >= 15 is 0 Å². The van der Waals surface area contributed by atoms with Crippen molar-refractivity contribution in [3.63, 3.8) is 0 Å². The van der Waals surface area contributed by atoms with E-state index in [9.17, 15) is 9.59 Å². The minimum atomic E-state index is -1.10. The number of nitrogens with zero attached hydrogens (tertiary/aromatic N) is 3. The van der Waals surface area contributed by atoms with Gasteiger partial charge in [0.25, 0.3) is 5.91 Å². The van der Waals surface area contributed by atoms with Gasteiger partial charge in [0.2, 0.25) is 5.91 Å². The van der Waals surface area contributed by atoms with E-state index in [1.165, 1.54) is 6.42 Å². The molecule has 2 aromatic rings. The minimum absolute atomic E-state index is 0.144. The van der Waals surface area contributed by atoms with Gasteiger partial charge in [-0.3, -0.25) is 19.2 Å². The highest BCUT2D eigenvalue weighted by Crippen LogP contribution is 2.35. The fourth-order valence-electron chi connectivity index (χ4n) is 4.49. The van der Waals surface area contributed by atoms with Crippen molar-refractivity contribution in [1.29, 1.82) is 0 Å². The Balaban J connectivity index is 1.76. The second-order valence-electron chi connectivity index (χ2n) is 8.97. The number of anilines is 1. The molecule has 1 saturated carbocycles. The summed E-state index contributed by atoms with van der Waals surface area (Å²) >= 11 is 6.23. The van der Waals surface area contributed by atoms with E-state index in [0.717, 1.165) is 31.4 Å². The summed E-state index contributed by atoms with van der Waals surface area (Å²) in [5, 5.41) is 8.38. The van der Waals surface area contributed by atoms with Gasteiger partial charge in [0.1, 0.15) is 11.2 Å². The maximum absolute atomic E-state index is 13.6. The monoisotopic (exact) mass is 428 g/mol. The molecule has 4 rings (SSSR count). The van der Waals surface area contributed by atoms with E-state index in [2.05, 4.69) is 10.4 Å². The Morgan fingerprint density at radius 1 is 1.23 bits per heavy atom. The highest BCUT2D eigenvalue weighted by atomic mass is 35.5. The van der Waals surface area contributed by atoms with Crippen LogP contribution in [-0.2, 0) is 11.3 Å². The third-order valence-corrected chi connectivity index (χ3v) is 6.49. The molecular weight excluding hydrogens is 400 g/mol. The van der Waals surface area contributed by atoms with E-state index in [0.29, 0.717) is 22.9 Å². The Morgan fingerprint density at radius 3 is 2.63 bits per heavy atom. The maximum atomic E-state index is 13.6. The highest BCUT2D eigenvalue weighted by Gasteiger charge is 2.49. The van der Waals surface area contributed by atoms with E-state index in [-0.39, 0.29) is 23.8 Å². The molecule has 2 heterocycles. The molecule has 1 atom stereocenters. The number of aromatic nitrogens is 2. The smallest absolute Gasteiger partial charge is 0.277 e. The van der Waals surface area contributed by atoms with E-state index < -0.39 is 5.54 Å². The molecule has 0 saturated heterocycles. The molecular formula is C23H29ClN4O2. The normalized spacial score (nSPS) is 22.3. The lowest BCUT2D eigenvalue weighted by Gasteiger charge is -2.44. The molecule has 0 spiro atoms. The third-order valence-electron chi connectivity index (χ3n) is 6.26. The van der Waals surface area contributed by atoms with Crippen LogP contribution in [0.4, 0.5) is 5.69 Å². The molecule has 1 fully saturated rings. The largest absolute Gasteiger partial charge is 0.351 e. The average molecular weight is 429 g/mol. The lowest BCUT2D eigenvalue weighted by molar-refractivity contribution is -0.127. The lowest BCUT2D eigenvalue weighted by atomic mass is 9.91. The Labute approximate surface area is 182 Å². The summed E-state index contributed by atoms with van der Waals surface area (Å²) in [4.78, 5) is 28.8. The highest BCUT2D eigenvalue weighted by molar-refractivity contribution is 6.31. The molecule has 1 aromatic carbocycles. The van der Waals surface area contributed by atoms with Crippen LogP contribution < -0.4 is 10.2 Å². The zero-order chi connectivity index (χ0) is 21.5. The number of hydrogen-bond acceptors (Lipinski definition) is 3. The van der Waals surface area contributed by atoms with Gasteiger partial charge in [-0.1, -0.05) is 50.8 Å². The molecule has 0 bridgehead atoms. The van der Waals surface area contributed by atoms with Crippen LogP contribution >= 0.6 is 11.6 Å². The van der Waals surface area contributed by atoms with Gasteiger partial charge in [0.15, 0.2) is 0 Å². The molecule has 1 aromatic heterocycles. The van der Waals surface area contributed by atoms with Crippen molar-refractivity contribution >= 4 is 29.1 Å². The first kappa shape index (κ1) is 20.9. The van der Waals surface area contributed by atoms with E-state index in [4.69, 9.17) is 11.6 Å². The van der Waals surface area contributed by atoms with Crippen molar-refractivity contribution in [2.45, 2.75) is 76.9 Å². The van der Waals surface area contributed by atoms with E-state index in [1.807, 2.05) is 32.9 Å². The lowest BCUT2D eigenvalue weighted by Crippen LogP contribution is -2.65. The second-order valence-corrected chi connectivity index (χ2v) is 9.41. The summed E-state index contributed by atoms with van der Waals surface area (Å²) in [7, 11) is 0. The number of carbonyl (C=O) groups is 2. The summed E-state index contributed by atoms with van der Waals surface area (Å²) in [6.45, 7) is 6.21. The fraction of sp³-hybridized carbons (Fsp3) is 0.522. The molecule has 2 aliphatic rings. The van der Waals surface area contributed by atoms with Gasteiger partial charge < -0.3 is 5.32 Å². The van der Waals surface area contributed by atoms with Crippen LogP contribution in [0.3, 0.4) is 0 Å². The zero-order valence-electron chi connectivity index (χ0n) is 17.8.